The van der Waals surface area contributed by atoms with Crippen LogP contribution in [-0.4, -0.2) is 43.7 Å². The number of piperidine rings is 1. The van der Waals surface area contributed by atoms with E-state index in [2.05, 4.69) is 0 Å². The molecule has 3 rings (SSSR count). The molecule has 1 amide bonds. The molecule has 0 aliphatic carbocycles. The van der Waals surface area contributed by atoms with Crippen molar-refractivity contribution in [1.82, 2.24) is 9.21 Å². The van der Waals surface area contributed by atoms with Crippen molar-refractivity contribution in [3.05, 3.63) is 63.1 Å². The second kappa shape index (κ2) is 9.23. The number of hydrogen-bond donors (Lipinski definition) is 0. The van der Waals surface area contributed by atoms with Gasteiger partial charge in [-0.15, -0.1) is 0 Å². The third kappa shape index (κ3) is 4.89. The molecule has 9 heteroatoms. The van der Waals surface area contributed by atoms with Crippen molar-refractivity contribution >= 4 is 50.7 Å². The zero-order valence-electron chi connectivity index (χ0n) is 15.8. The van der Waals surface area contributed by atoms with Crippen molar-refractivity contribution < 1.29 is 13.2 Å². The molecule has 0 saturated carbocycles. The molecule has 1 saturated heterocycles. The lowest BCUT2D eigenvalue weighted by atomic mass is 9.96. The normalized spacial score (nSPS) is 16.0. The Bertz CT molecular complexity index is 986. The Labute approximate surface area is 186 Å². The van der Waals surface area contributed by atoms with Gasteiger partial charge >= 0.3 is 0 Å². The van der Waals surface area contributed by atoms with Crippen molar-refractivity contribution in [2.75, 3.05) is 20.1 Å². The number of sulfonamides is 1. The van der Waals surface area contributed by atoms with E-state index in [1.807, 2.05) is 18.2 Å². The topological polar surface area (TPSA) is 57.7 Å². The maximum atomic E-state index is 13.0. The lowest BCUT2D eigenvalue weighted by molar-refractivity contribution is -0.135. The highest BCUT2D eigenvalue weighted by Crippen LogP contribution is 2.33. The second-order valence-corrected chi connectivity index (χ2v) is 10.1. The Morgan fingerprint density at radius 1 is 1.00 bits per heavy atom. The summed E-state index contributed by atoms with van der Waals surface area (Å²) in [7, 11) is -2.09. The van der Waals surface area contributed by atoms with Crippen molar-refractivity contribution in [1.29, 1.82) is 0 Å². The summed E-state index contributed by atoms with van der Waals surface area (Å²) in [5, 5.41) is 0.801. The number of amides is 1. The molecular formula is C20H21Cl3N2O3S. The number of nitrogens with zero attached hydrogens (tertiary/aromatic N) is 2. The molecule has 0 aromatic heterocycles. The van der Waals surface area contributed by atoms with E-state index >= 15 is 0 Å². The lowest BCUT2D eigenvalue weighted by Crippen LogP contribution is -2.43. The van der Waals surface area contributed by atoms with Crippen molar-refractivity contribution in [2.45, 2.75) is 24.3 Å². The van der Waals surface area contributed by atoms with Gasteiger partial charge in [0.1, 0.15) is 4.90 Å². The molecule has 156 valence electrons. The predicted octanol–water partition coefficient (Wildman–Crippen LogP) is 4.71. The second-order valence-electron chi connectivity index (χ2n) is 7.01. The average molecular weight is 476 g/mol. The summed E-state index contributed by atoms with van der Waals surface area (Å²) in [5.41, 5.74) is 0.874. The van der Waals surface area contributed by atoms with Crippen LogP contribution in [-0.2, 0) is 21.4 Å². The van der Waals surface area contributed by atoms with Crippen molar-refractivity contribution in [2.24, 2.45) is 5.92 Å². The molecule has 0 bridgehead atoms. The third-order valence-electron chi connectivity index (χ3n) is 5.06. The fourth-order valence-corrected chi connectivity index (χ4v) is 6.23. The van der Waals surface area contributed by atoms with Crippen LogP contribution >= 0.6 is 34.8 Å². The van der Waals surface area contributed by atoms with Crippen LogP contribution in [0.5, 0.6) is 0 Å². The SMILES string of the molecule is CN(Cc1ccccc1Cl)C(=O)C1CCN(S(=O)(=O)c2c(Cl)cccc2Cl)CC1. The Hall–Kier alpha value is -1.31. The predicted molar refractivity (Wildman–Crippen MR) is 116 cm³/mol. The molecule has 1 fully saturated rings. The van der Waals surface area contributed by atoms with E-state index in [4.69, 9.17) is 34.8 Å². The minimum Gasteiger partial charge on any atom is -0.341 e. The highest BCUT2D eigenvalue weighted by molar-refractivity contribution is 7.89. The minimum atomic E-state index is -3.82. The summed E-state index contributed by atoms with van der Waals surface area (Å²) in [6.07, 6.45) is 0.875. The van der Waals surface area contributed by atoms with Gasteiger partial charge in [-0.25, -0.2) is 8.42 Å². The number of hydrogen-bond acceptors (Lipinski definition) is 3. The molecule has 1 aliphatic heterocycles. The van der Waals surface area contributed by atoms with Gasteiger partial charge < -0.3 is 4.90 Å². The molecule has 0 atom stereocenters. The zero-order valence-corrected chi connectivity index (χ0v) is 18.9. The van der Waals surface area contributed by atoms with Gasteiger partial charge in [-0.3, -0.25) is 4.79 Å². The highest BCUT2D eigenvalue weighted by atomic mass is 35.5. The number of rotatable bonds is 5. The van der Waals surface area contributed by atoms with Crippen LogP contribution in [0.3, 0.4) is 0 Å². The van der Waals surface area contributed by atoms with Crippen LogP contribution < -0.4 is 0 Å². The highest BCUT2D eigenvalue weighted by Gasteiger charge is 2.35. The van der Waals surface area contributed by atoms with E-state index in [1.165, 1.54) is 16.4 Å². The van der Waals surface area contributed by atoms with E-state index < -0.39 is 10.0 Å². The molecule has 1 heterocycles. The summed E-state index contributed by atoms with van der Waals surface area (Å²) < 4.78 is 27.3. The molecule has 0 unspecified atom stereocenters. The number of carbonyl (C=O) groups excluding carboxylic acids is 1. The van der Waals surface area contributed by atoms with Crippen LogP contribution in [0.1, 0.15) is 18.4 Å². The first-order valence-electron chi connectivity index (χ1n) is 9.14. The van der Waals surface area contributed by atoms with Gasteiger partial charge in [0.05, 0.1) is 10.0 Å². The molecule has 29 heavy (non-hydrogen) atoms. The van der Waals surface area contributed by atoms with E-state index in [0.717, 1.165) is 5.56 Å². The van der Waals surface area contributed by atoms with Crippen LogP contribution in [0.4, 0.5) is 0 Å². The molecular weight excluding hydrogens is 455 g/mol. The molecule has 5 nitrogen and oxygen atoms in total. The first-order chi connectivity index (χ1) is 13.7. The molecule has 2 aromatic carbocycles. The van der Waals surface area contributed by atoms with Gasteiger partial charge in [-0.05, 0) is 36.6 Å². The monoisotopic (exact) mass is 474 g/mol. The quantitative estimate of drug-likeness (QED) is 0.629. The van der Waals surface area contributed by atoms with Gasteiger partial charge in [0.15, 0.2) is 0 Å². The number of carbonyl (C=O) groups is 1. The summed E-state index contributed by atoms with van der Waals surface area (Å²) in [6, 6.07) is 12.0. The minimum absolute atomic E-state index is 0.0160. The molecule has 1 aliphatic rings. The Balaban J connectivity index is 1.65. The Morgan fingerprint density at radius 2 is 1.55 bits per heavy atom. The fourth-order valence-electron chi connectivity index (χ4n) is 3.47. The van der Waals surface area contributed by atoms with Gasteiger partial charge in [-0.1, -0.05) is 59.1 Å². The fraction of sp³-hybridized carbons (Fsp3) is 0.350. The summed E-state index contributed by atoms with van der Waals surface area (Å²) in [6.45, 7) is 0.882. The molecule has 0 N–H and O–H groups in total. The maximum Gasteiger partial charge on any atom is 0.246 e. The maximum absolute atomic E-state index is 13.0. The van der Waals surface area contributed by atoms with Crippen LogP contribution in [0, 0.1) is 5.92 Å². The standard InChI is InChI=1S/C20H21Cl3N2O3S/c1-24(13-15-5-2-3-6-16(15)21)20(26)14-9-11-25(12-10-14)29(27,28)19-17(22)7-4-8-18(19)23/h2-8,14H,9-13H2,1H3. The van der Waals surface area contributed by atoms with Crippen molar-refractivity contribution in [3.63, 3.8) is 0 Å². The van der Waals surface area contributed by atoms with Crippen LogP contribution in [0.2, 0.25) is 15.1 Å². The summed E-state index contributed by atoms with van der Waals surface area (Å²) in [5.74, 6) is -0.256. The van der Waals surface area contributed by atoms with Crippen LogP contribution in [0.25, 0.3) is 0 Å². The van der Waals surface area contributed by atoms with E-state index in [0.29, 0.717) is 24.4 Å². The first-order valence-corrected chi connectivity index (χ1v) is 11.7. The van der Waals surface area contributed by atoms with E-state index in [1.54, 1.807) is 24.1 Å². The Kier molecular flexibility index (Phi) is 7.12. The molecule has 2 aromatic rings. The molecule has 0 radical (unpaired) electrons. The number of benzene rings is 2. The summed E-state index contributed by atoms with van der Waals surface area (Å²) >= 11 is 18.3. The van der Waals surface area contributed by atoms with Gasteiger partial charge in [0, 0.05) is 37.6 Å². The largest absolute Gasteiger partial charge is 0.341 e. The Morgan fingerprint density at radius 3 is 2.14 bits per heavy atom. The van der Waals surface area contributed by atoms with E-state index in [-0.39, 0.29) is 39.9 Å². The smallest absolute Gasteiger partial charge is 0.246 e. The van der Waals surface area contributed by atoms with Gasteiger partial charge in [-0.2, -0.15) is 4.31 Å². The number of halogens is 3. The van der Waals surface area contributed by atoms with Gasteiger partial charge in [0.2, 0.25) is 15.9 Å². The first kappa shape index (κ1) is 22.4. The zero-order chi connectivity index (χ0) is 21.2. The van der Waals surface area contributed by atoms with E-state index in [9.17, 15) is 13.2 Å². The average Bonchev–Trinajstić information content (AvgIpc) is 2.69. The van der Waals surface area contributed by atoms with Crippen LogP contribution in [0.15, 0.2) is 47.4 Å². The third-order valence-corrected chi connectivity index (χ3v) is 8.29. The lowest BCUT2D eigenvalue weighted by Gasteiger charge is -2.33. The van der Waals surface area contributed by atoms with Gasteiger partial charge in [0.25, 0.3) is 0 Å². The van der Waals surface area contributed by atoms with Crippen molar-refractivity contribution in [3.8, 4) is 0 Å². The molecule has 0 spiro atoms. The summed E-state index contributed by atoms with van der Waals surface area (Å²) in [4.78, 5) is 14.4.